The molecule has 0 aliphatic rings. The van der Waals surface area contributed by atoms with E-state index in [9.17, 15) is 4.79 Å². The number of hydrogen-bond acceptors (Lipinski definition) is 3. The van der Waals surface area contributed by atoms with Gasteiger partial charge in [0.05, 0.1) is 13.1 Å². The van der Waals surface area contributed by atoms with Crippen molar-refractivity contribution in [1.82, 2.24) is 14.9 Å². The lowest BCUT2D eigenvalue weighted by molar-refractivity contribution is -0.117. The number of aromatic amines is 1. The number of nitrogens with zero attached hydrogens (tertiary/aromatic N) is 2. The molecule has 1 amide bonds. The largest absolute Gasteiger partial charge is 0.345 e. The number of aromatic nitrogens is 2. The molecule has 2 aromatic rings. The van der Waals surface area contributed by atoms with Crippen molar-refractivity contribution in [3.63, 3.8) is 0 Å². The maximum atomic E-state index is 12.1. The first-order chi connectivity index (χ1) is 11.0. The Bertz CT molecular complexity index is 633. The van der Waals surface area contributed by atoms with Crippen LogP contribution in [0.5, 0.6) is 0 Å². The zero-order chi connectivity index (χ0) is 16.8. The van der Waals surface area contributed by atoms with Crippen LogP contribution in [-0.2, 0) is 11.3 Å². The second-order valence-electron chi connectivity index (χ2n) is 6.16. The highest BCUT2D eigenvalue weighted by molar-refractivity contribution is 5.92. The molecular formula is C18H26N4O. The molecule has 1 unspecified atom stereocenters. The van der Waals surface area contributed by atoms with Crippen LogP contribution in [0, 0.1) is 6.92 Å². The third-order valence-corrected chi connectivity index (χ3v) is 3.96. The number of carbonyl (C=O) groups excluding carboxylic acids is 1. The van der Waals surface area contributed by atoms with Gasteiger partial charge in [-0.25, -0.2) is 4.98 Å². The first-order valence-electron chi connectivity index (χ1n) is 8.06. The topological polar surface area (TPSA) is 61.0 Å². The van der Waals surface area contributed by atoms with Gasteiger partial charge in [0.15, 0.2) is 0 Å². The van der Waals surface area contributed by atoms with Crippen molar-refractivity contribution >= 4 is 11.6 Å². The van der Waals surface area contributed by atoms with Crippen molar-refractivity contribution in [3.8, 4) is 0 Å². The summed E-state index contributed by atoms with van der Waals surface area (Å²) in [6, 6.07) is 8.10. The summed E-state index contributed by atoms with van der Waals surface area (Å²) >= 11 is 0. The maximum absolute atomic E-state index is 12.1. The third-order valence-electron chi connectivity index (χ3n) is 3.96. The van der Waals surface area contributed by atoms with Gasteiger partial charge < -0.3 is 10.3 Å². The zero-order valence-electron chi connectivity index (χ0n) is 14.4. The Morgan fingerprint density at radius 3 is 2.61 bits per heavy atom. The lowest BCUT2D eigenvalue weighted by atomic mass is 9.99. The van der Waals surface area contributed by atoms with Crippen molar-refractivity contribution in [2.24, 2.45) is 0 Å². The zero-order valence-corrected chi connectivity index (χ0v) is 14.4. The minimum Gasteiger partial charge on any atom is -0.345 e. The molecule has 23 heavy (non-hydrogen) atoms. The lowest BCUT2D eigenvalue weighted by Crippen LogP contribution is -2.30. The number of nitrogens with one attached hydrogen (secondary N) is 2. The number of hydrogen-bond donors (Lipinski definition) is 2. The van der Waals surface area contributed by atoms with Crippen molar-refractivity contribution in [1.29, 1.82) is 0 Å². The van der Waals surface area contributed by atoms with E-state index in [1.165, 1.54) is 5.56 Å². The minimum absolute atomic E-state index is 0.0212. The molecule has 2 N–H and O–H groups in total. The van der Waals surface area contributed by atoms with Gasteiger partial charge in [-0.2, -0.15) is 0 Å². The first kappa shape index (κ1) is 17.2. The molecule has 124 valence electrons. The fourth-order valence-corrected chi connectivity index (χ4v) is 2.44. The van der Waals surface area contributed by atoms with E-state index in [0.717, 1.165) is 23.6 Å². The van der Waals surface area contributed by atoms with E-state index in [0.29, 0.717) is 19.0 Å². The van der Waals surface area contributed by atoms with Gasteiger partial charge in [-0.1, -0.05) is 26.0 Å². The standard InChI is InChI=1S/C18H26N4O/c1-5-13(2)15-6-8-16(9-7-15)21-18(23)12-22(4)11-17-19-10-14(3)20-17/h6-10,13H,5,11-12H2,1-4H3,(H,19,20)(H,21,23). The number of likely N-dealkylation sites (N-methyl/N-ethyl adjacent to an activating group) is 1. The Kier molecular flexibility index (Phi) is 5.93. The summed E-state index contributed by atoms with van der Waals surface area (Å²) in [4.78, 5) is 21.5. The fourth-order valence-electron chi connectivity index (χ4n) is 2.44. The summed E-state index contributed by atoms with van der Waals surface area (Å²) in [6.07, 6.45) is 2.91. The third kappa shape index (κ3) is 5.21. The van der Waals surface area contributed by atoms with Crippen LogP contribution in [0.1, 0.15) is 43.3 Å². The second kappa shape index (κ2) is 7.92. The second-order valence-corrected chi connectivity index (χ2v) is 6.16. The van der Waals surface area contributed by atoms with Crippen LogP contribution in [0.3, 0.4) is 0 Å². The van der Waals surface area contributed by atoms with Crippen LogP contribution in [0.15, 0.2) is 30.5 Å². The van der Waals surface area contributed by atoms with Gasteiger partial charge in [0, 0.05) is 17.6 Å². The van der Waals surface area contributed by atoms with E-state index in [2.05, 4.69) is 41.3 Å². The molecule has 5 heteroatoms. The van der Waals surface area contributed by atoms with E-state index in [1.54, 1.807) is 6.20 Å². The Morgan fingerprint density at radius 2 is 2.04 bits per heavy atom. The average molecular weight is 314 g/mol. The smallest absolute Gasteiger partial charge is 0.238 e. The summed E-state index contributed by atoms with van der Waals surface area (Å²) in [5.41, 5.74) is 3.17. The summed E-state index contributed by atoms with van der Waals surface area (Å²) in [6.45, 7) is 7.29. The molecule has 0 radical (unpaired) electrons. The molecule has 0 fully saturated rings. The molecule has 0 spiro atoms. The number of carbonyl (C=O) groups is 1. The fraction of sp³-hybridized carbons (Fsp3) is 0.444. The number of aryl methyl sites for hydroxylation is 1. The van der Waals surface area contributed by atoms with Gasteiger partial charge in [0.2, 0.25) is 5.91 Å². The van der Waals surface area contributed by atoms with E-state index < -0.39 is 0 Å². The number of imidazole rings is 1. The van der Waals surface area contributed by atoms with Crippen molar-refractivity contribution in [2.45, 2.75) is 39.7 Å². The van der Waals surface area contributed by atoms with Gasteiger partial charge in [-0.05, 0) is 44.0 Å². The number of amides is 1. The van der Waals surface area contributed by atoms with Crippen LogP contribution in [0.2, 0.25) is 0 Å². The molecule has 5 nitrogen and oxygen atoms in total. The Balaban J connectivity index is 1.84. The van der Waals surface area contributed by atoms with Crippen molar-refractivity contribution < 1.29 is 4.79 Å². The van der Waals surface area contributed by atoms with Gasteiger partial charge in [-0.15, -0.1) is 0 Å². The van der Waals surface area contributed by atoms with Crippen LogP contribution in [-0.4, -0.2) is 34.4 Å². The van der Waals surface area contributed by atoms with Crippen molar-refractivity contribution in [3.05, 3.63) is 47.5 Å². The van der Waals surface area contributed by atoms with Crippen LogP contribution in [0.25, 0.3) is 0 Å². The quantitative estimate of drug-likeness (QED) is 0.824. The maximum Gasteiger partial charge on any atom is 0.238 e. The number of H-pyrrole nitrogens is 1. The normalized spacial score (nSPS) is 12.4. The predicted octanol–water partition coefficient (Wildman–Crippen LogP) is 3.30. The SMILES string of the molecule is CCC(C)c1ccc(NC(=O)CN(C)Cc2ncc(C)[nH]2)cc1. The molecule has 0 aliphatic carbocycles. The van der Waals surface area contributed by atoms with Gasteiger partial charge in [0.25, 0.3) is 0 Å². The molecule has 0 saturated carbocycles. The highest BCUT2D eigenvalue weighted by atomic mass is 16.2. The summed E-state index contributed by atoms with van der Waals surface area (Å²) in [5, 5.41) is 2.94. The van der Waals surface area contributed by atoms with E-state index in [-0.39, 0.29) is 5.91 Å². The molecule has 0 saturated heterocycles. The molecule has 2 rings (SSSR count). The van der Waals surface area contributed by atoms with E-state index in [4.69, 9.17) is 0 Å². The summed E-state index contributed by atoms with van der Waals surface area (Å²) in [7, 11) is 1.91. The summed E-state index contributed by atoms with van der Waals surface area (Å²) < 4.78 is 0. The molecule has 0 aliphatic heterocycles. The number of anilines is 1. The summed E-state index contributed by atoms with van der Waals surface area (Å²) in [5.74, 6) is 1.39. The molecule has 1 aromatic heterocycles. The Morgan fingerprint density at radius 1 is 1.35 bits per heavy atom. The predicted molar refractivity (Wildman–Crippen MR) is 93.4 cm³/mol. The number of rotatable bonds is 7. The molecule has 0 bridgehead atoms. The van der Waals surface area contributed by atoms with Crippen LogP contribution < -0.4 is 5.32 Å². The Hall–Kier alpha value is -2.14. The van der Waals surface area contributed by atoms with Crippen molar-refractivity contribution in [2.75, 3.05) is 18.9 Å². The average Bonchev–Trinajstić information content (AvgIpc) is 2.91. The number of benzene rings is 1. The monoisotopic (exact) mass is 314 g/mol. The van der Waals surface area contributed by atoms with Gasteiger partial charge in [0.1, 0.15) is 5.82 Å². The van der Waals surface area contributed by atoms with Gasteiger partial charge in [-0.3, -0.25) is 9.69 Å². The highest BCUT2D eigenvalue weighted by Crippen LogP contribution is 2.20. The highest BCUT2D eigenvalue weighted by Gasteiger charge is 2.09. The minimum atomic E-state index is -0.0212. The first-order valence-corrected chi connectivity index (χ1v) is 8.06. The molecular weight excluding hydrogens is 288 g/mol. The molecule has 1 heterocycles. The lowest BCUT2D eigenvalue weighted by Gasteiger charge is -2.15. The van der Waals surface area contributed by atoms with Crippen LogP contribution in [0.4, 0.5) is 5.69 Å². The molecule has 1 aromatic carbocycles. The van der Waals surface area contributed by atoms with E-state index >= 15 is 0 Å². The van der Waals surface area contributed by atoms with Gasteiger partial charge >= 0.3 is 0 Å². The van der Waals surface area contributed by atoms with Crippen LogP contribution >= 0.6 is 0 Å². The van der Waals surface area contributed by atoms with E-state index in [1.807, 2.05) is 31.0 Å². The Labute approximate surface area is 138 Å². The molecule has 1 atom stereocenters.